The fourth-order valence-corrected chi connectivity index (χ4v) is 2.93. The lowest BCUT2D eigenvalue weighted by atomic mass is 10.0. The second kappa shape index (κ2) is 4.17. The summed E-state index contributed by atoms with van der Waals surface area (Å²) in [5.74, 6) is 2.83. The van der Waals surface area contributed by atoms with E-state index in [-0.39, 0.29) is 6.09 Å². The molecule has 0 aromatic heterocycles. The molecule has 18 heavy (non-hydrogen) atoms. The Bertz CT molecular complexity index is 394. The molecule has 0 aliphatic carbocycles. The number of ether oxygens (including phenoxy) is 1. The Labute approximate surface area is 109 Å². The van der Waals surface area contributed by atoms with Crippen LogP contribution >= 0.6 is 0 Å². The van der Waals surface area contributed by atoms with E-state index in [1.165, 1.54) is 0 Å². The lowest BCUT2D eigenvalue weighted by Crippen LogP contribution is -2.56. The molecule has 2 bridgehead atoms. The van der Waals surface area contributed by atoms with Gasteiger partial charge in [-0.25, -0.2) is 4.79 Å². The van der Waals surface area contributed by atoms with E-state index < -0.39 is 11.1 Å². The number of hydrogen-bond acceptors (Lipinski definition) is 3. The molecule has 2 heterocycles. The van der Waals surface area contributed by atoms with Crippen LogP contribution in [0.1, 0.15) is 34.1 Å². The number of nitrogens with zero attached hydrogens (tertiary/aromatic N) is 2. The molecule has 0 aromatic rings. The molecule has 0 saturated carbocycles. The summed E-state index contributed by atoms with van der Waals surface area (Å²) < 4.78 is 5.44. The third kappa shape index (κ3) is 2.08. The number of rotatable bonds is 1. The van der Waals surface area contributed by atoms with Gasteiger partial charge in [0.15, 0.2) is 0 Å². The van der Waals surface area contributed by atoms with Gasteiger partial charge in [0.25, 0.3) is 0 Å². The van der Waals surface area contributed by atoms with Gasteiger partial charge in [0.2, 0.25) is 0 Å². The van der Waals surface area contributed by atoms with Crippen LogP contribution in [0.4, 0.5) is 4.79 Å². The molecule has 0 N–H and O–H groups in total. The van der Waals surface area contributed by atoms with Crippen molar-refractivity contribution in [1.29, 1.82) is 0 Å². The molecule has 2 aliphatic heterocycles. The number of carbonyl (C=O) groups excluding carboxylic acids is 1. The third-order valence-corrected chi connectivity index (χ3v) is 3.75. The molecule has 1 amide bonds. The predicted molar refractivity (Wildman–Crippen MR) is 70.2 cm³/mol. The molecule has 2 atom stereocenters. The van der Waals surface area contributed by atoms with Gasteiger partial charge in [-0.05, 0) is 27.3 Å². The molecule has 0 radical (unpaired) electrons. The average molecular weight is 250 g/mol. The minimum atomic E-state index is -0.473. The zero-order valence-corrected chi connectivity index (χ0v) is 11.7. The Kier molecular flexibility index (Phi) is 3.06. The van der Waals surface area contributed by atoms with Gasteiger partial charge in [-0.1, -0.05) is 12.8 Å². The van der Waals surface area contributed by atoms with Gasteiger partial charge >= 0.3 is 6.09 Å². The minimum Gasteiger partial charge on any atom is -0.444 e. The van der Waals surface area contributed by atoms with E-state index in [0.29, 0.717) is 12.6 Å². The summed E-state index contributed by atoms with van der Waals surface area (Å²) in [6.45, 7) is 10.2. The van der Waals surface area contributed by atoms with Crippen LogP contribution in [0.3, 0.4) is 0 Å². The Balaban J connectivity index is 2.14. The first kappa shape index (κ1) is 13.2. The van der Waals surface area contributed by atoms with Crippen LogP contribution < -0.4 is 0 Å². The van der Waals surface area contributed by atoms with Crippen molar-refractivity contribution in [3.05, 3.63) is 0 Å². The first-order valence-electron chi connectivity index (χ1n) is 6.54. The maximum atomic E-state index is 12.2. The van der Waals surface area contributed by atoms with Crippen LogP contribution in [-0.2, 0) is 4.74 Å². The number of amides is 1. The second-order valence-electron chi connectivity index (χ2n) is 6.19. The molecule has 4 heteroatoms. The van der Waals surface area contributed by atoms with Crippen LogP contribution in [0.5, 0.6) is 0 Å². The molecular formula is C14H22N2O2. The van der Waals surface area contributed by atoms with Crippen LogP contribution in [0.2, 0.25) is 0 Å². The number of piperazine rings is 1. The summed E-state index contributed by atoms with van der Waals surface area (Å²) >= 11 is 0. The van der Waals surface area contributed by atoms with Crippen LogP contribution in [0.25, 0.3) is 0 Å². The van der Waals surface area contributed by atoms with E-state index in [0.717, 1.165) is 19.5 Å². The Morgan fingerprint density at radius 3 is 2.72 bits per heavy atom. The Morgan fingerprint density at radius 1 is 1.56 bits per heavy atom. The van der Waals surface area contributed by atoms with E-state index in [9.17, 15) is 4.79 Å². The summed E-state index contributed by atoms with van der Waals surface area (Å²) in [5.41, 5.74) is -0.928. The van der Waals surface area contributed by atoms with Crippen LogP contribution in [-0.4, -0.2) is 52.7 Å². The van der Waals surface area contributed by atoms with Crippen molar-refractivity contribution in [3.8, 4) is 12.3 Å². The fraction of sp³-hybridized carbons (Fsp3) is 0.786. The summed E-state index contributed by atoms with van der Waals surface area (Å²) in [4.78, 5) is 16.3. The number of hydrogen-bond donors (Lipinski definition) is 0. The molecule has 0 spiro atoms. The molecule has 2 aliphatic rings. The molecule has 2 rings (SSSR count). The van der Waals surface area contributed by atoms with E-state index in [2.05, 4.69) is 17.7 Å². The van der Waals surface area contributed by atoms with Crippen molar-refractivity contribution in [3.63, 3.8) is 0 Å². The highest BCUT2D eigenvalue weighted by molar-refractivity contribution is 5.71. The van der Waals surface area contributed by atoms with Crippen molar-refractivity contribution in [2.75, 3.05) is 19.6 Å². The lowest BCUT2D eigenvalue weighted by Gasteiger charge is -2.39. The first-order chi connectivity index (χ1) is 8.31. The Hall–Kier alpha value is -1.21. The van der Waals surface area contributed by atoms with Crippen LogP contribution in [0.15, 0.2) is 0 Å². The van der Waals surface area contributed by atoms with Gasteiger partial charge in [0, 0.05) is 25.6 Å². The largest absolute Gasteiger partial charge is 0.444 e. The van der Waals surface area contributed by atoms with E-state index in [4.69, 9.17) is 11.2 Å². The van der Waals surface area contributed by atoms with Gasteiger partial charge < -0.3 is 4.74 Å². The fourth-order valence-electron chi connectivity index (χ4n) is 2.93. The number of terminal acetylenes is 1. The standard InChI is InChI=1S/C14H22N2O2/c1-6-14-8-11(15(7-2)10-14)9-16(14)12(17)18-13(3,4)5/h1,11H,7-10H2,2-5H3. The number of likely N-dealkylation sites (tertiary alicyclic amines) is 2. The van der Waals surface area contributed by atoms with Gasteiger partial charge in [0.1, 0.15) is 11.1 Å². The molecule has 4 nitrogen and oxygen atoms in total. The third-order valence-electron chi connectivity index (χ3n) is 3.75. The van der Waals surface area contributed by atoms with Crippen molar-refractivity contribution >= 4 is 6.09 Å². The molecule has 100 valence electrons. The maximum absolute atomic E-state index is 12.2. The van der Waals surface area contributed by atoms with E-state index >= 15 is 0 Å². The van der Waals surface area contributed by atoms with Crippen molar-refractivity contribution in [1.82, 2.24) is 9.80 Å². The predicted octanol–water partition coefficient (Wildman–Crippen LogP) is 1.70. The Morgan fingerprint density at radius 2 is 2.22 bits per heavy atom. The highest BCUT2D eigenvalue weighted by Crippen LogP contribution is 2.40. The van der Waals surface area contributed by atoms with Gasteiger partial charge in [-0.3, -0.25) is 9.80 Å². The smallest absolute Gasteiger partial charge is 0.411 e. The first-order valence-corrected chi connectivity index (χ1v) is 6.54. The van der Waals surface area contributed by atoms with Crippen LogP contribution in [0, 0.1) is 12.3 Å². The minimum absolute atomic E-state index is 0.279. The van der Waals surface area contributed by atoms with Gasteiger partial charge in [0.05, 0.1) is 0 Å². The van der Waals surface area contributed by atoms with Crippen molar-refractivity contribution < 1.29 is 9.53 Å². The van der Waals surface area contributed by atoms with E-state index in [1.54, 1.807) is 4.90 Å². The number of fused-ring (bicyclic) bond motifs is 2. The summed E-state index contributed by atoms with van der Waals surface area (Å²) in [6.07, 6.45) is 6.28. The zero-order valence-electron chi connectivity index (χ0n) is 11.7. The number of likely N-dealkylation sites (N-methyl/N-ethyl adjacent to an activating group) is 1. The lowest BCUT2D eigenvalue weighted by molar-refractivity contribution is 0.00471. The topological polar surface area (TPSA) is 32.8 Å². The normalized spacial score (nSPS) is 31.5. The molecule has 0 aromatic carbocycles. The molecule has 2 saturated heterocycles. The monoisotopic (exact) mass is 250 g/mol. The molecule has 2 unspecified atom stereocenters. The average Bonchev–Trinajstić information content (AvgIpc) is 2.81. The van der Waals surface area contributed by atoms with Crippen molar-refractivity contribution in [2.24, 2.45) is 0 Å². The highest BCUT2D eigenvalue weighted by Gasteiger charge is 2.56. The summed E-state index contributed by atoms with van der Waals surface area (Å²) in [7, 11) is 0. The van der Waals surface area contributed by atoms with Crippen molar-refractivity contribution in [2.45, 2.75) is 51.3 Å². The SMILES string of the molecule is C#CC12CC(CN1C(=O)OC(C)(C)C)N(CC)C2. The maximum Gasteiger partial charge on any atom is 0.411 e. The molecule has 2 fully saturated rings. The quantitative estimate of drug-likeness (QED) is 0.664. The van der Waals surface area contributed by atoms with Gasteiger partial charge in [-0.2, -0.15) is 0 Å². The zero-order chi connectivity index (χ0) is 13.6. The number of carbonyl (C=O) groups is 1. The molecular weight excluding hydrogens is 228 g/mol. The summed E-state index contributed by atoms with van der Waals surface area (Å²) in [6, 6.07) is 0.388. The van der Waals surface area contributed by atoms with E-state index in [1.807, 2.05) is 20.8 Å². The van der Waals surface area contributed by atoms with Gasteiger partial charge in [-0.15, -0.1) is 6.42 Å². The highest BCUT2D eigenvalue weighted by atomic mass is 16.6. The summed E-state index contributed by atoms with van der Waals surface area (Å²) in [5, 5.41) is 0. The second-order valence-corrected chi connectivity index (χ2v) is 6.19.